The van der Waals surface area contributed by atoms with Crippen molar-refractivity contribution in [2.75, 3.05) is 51.3 Å². The SMILES string of the molecule is O=C(COc1cccc(NC(=O)c2ccco2)c1)NCCCCN1CCOCC1. The Morgan fingerprint density at radius 2 is 1.97 bits per heavy atom. The van der Waals surface area contributed by atoms with Crippen LogP contribution in [0.5, 0.6) is 5.75 Å². The van der Waals surface area contributed by atoms with Crippen molar-refractivity contribution in [2.24, 2.45) is 0 Å². The summed E-state index contributed by atoms with van der Waals surface area (Å²) in [5.41, 5.74) is 0.562. The number of carbonyl (C=O) groups is 2. The van der Waals surface area contributed by atoms with Gasteiger partial charge in [0.2, 0.25) is 0 Å². The molecule has 0 radical (unpaired) electrons. The molecule has 2 aromatic rings. The summed E-state index contributed by atoms with van der Waals surface area (Å²) in [7, 11) is 0. The molecule has 1 fully saturated rings. The molecular formula is C21H27N3O5. The number of rotatable bonds is 10. The second-order valence-corrected chi connectivity index (χ2v) is 6.76. The molecule has 29 heavy (non-hydrogen) atoms. The van der Waals surface area contributed by atoms with Crippen LogP contribution in [0.25, 0.3) is 0 Å². The van der Waals surface area contributed by atoms with Crippen LogP contribution in [-0.2, 0) is 9.53 Å². The summed E-state index contributed by atoms with van der Waals surface area (Å²) >= 11 is 0. The van der Waals surface area contributed by atoms with Crippen molar-refractivity contribution in [1.29, 1.82) is 0 Å². The summed E-state index contributed by atoms with van der Waals surface area (Å²) in [5, 5.41) is 5.59. The molecule has 1 aromatic carbocycles. The molecule has 0 atom stereocenters. The van der Waals surface area contributed by atoms with Gasteiger partial charge in [-0.3, -0.25) is 14.5 Å². The Labute approximate surface area is 170 Å². The zero-order valence-corrected chi connectivity index (χ0v) is 16.4. The molecule has 0 saturated carbocycles. The Bertz CT molecular complexity index is 772. The largest absolute Gasteiger partial charge is 0.484 e. The maximum atomic E-state index is 12.0. The van der Waals surface area contributed by atoms with Crippen LogP contribution < -0.4 is 15.4 Å². The number of anilines is 1. The van der Waals surface area contributed by atoms with E-state index in [0.29, 0.717) is 18.0 Å². The van der Waals surface area contributed by atoms with Gasteiger partial charge in [0.05, 0.1) is 19.5 Å². The van der Waals surface area contributed by atoms with Crippen LogP contribution in [0.15, 0.2) is 47.1 Å². The number of amides is 2. The van der Waals surface area contributed by atoms with Crippen LogP contribution in [0, 0.1) is 0 Å². The minimum Gasteiger partial charge on any atom is -0.484 e. The fourth-order valence-electron chi connectivity index (χ4n) is 2.98. The Kier molecular flexibility index (Phi) is 8.09. The number of hydrogen-bond donors (Lipinski definition) is 2. The molecule has 0 spiro atoms. The Balaban J connectivity index is 1.32. The second-order valence-electron chi connectivity index (χ2n) is 6.76. The molecule has 0 aliphatic carbocycles. The van der Waals surface area contributed by atoms with Gasteiger partial charge in [-0.2, -0.15) is 0 Å². The van der Waals surface area contributed by atoms with Crippen LogP contribution in [0.2, 0.25) is 0 Å². The fraction of sp³-hybridized carbons (Fsp3) is 0.429. The molecule has 2 amide bonds. The van der Waals surface area contributed by atoms with Gasteiger partial charge in [-0.25, -0.2) is 0 Å². The van der Waals surface area contributed by atoms with Crippen molar-refractivity contribution in [3.05, 3.63) is 48.4 Å². The first-order valence-electron chi connectivity index (χ1n) is 9.85. The lowest BCUT2D eigenvalue weighted by Crippen LogP contribution is -2.37. The van der Waals surface area contributed by atoms with E-state index in [0.717, 1.165) is 45.7 Å². The minimum absolute atomic E-state index is 0.0704. The van der Waals surface area contributed by atoms with Gasteiger partial charge in [-0.1, -0.05) is 6.07 Å². The normalized spacial score (nSPS) is 14.3. The lowest BCUT2D eigenvalue weighted by molar-refractivity contribution is -0.123. The zero-order valence-electron chi connectivity index (χ0n) is 16.4. The summed E-state index contributed by atoms with van der Waals surface area (Å²) in [6.45, 7) is 5.18. The van der Waals surface area contributed by atoms with E-state index in [2.05, 4.69) is 15.5 Å². The van der Waals surface area contributed by atoms with E-state index >= 15 is 0 Å². The summed E-state index contributed by atoms with van der Waals surface area (Å²) in [6.07, 6.45) is 3.41. The molecule has 1 aliphatic rings. The summed E-state index contributed by atoms with van der Waals surface area (Å²) in [6, 6.07) is 10.1. The van der Waals surface area contributed by atoms with Crippen LogP contribution in [0.4, 0.5) is 5.69 Å². The maximum Gasteiger partial charge on any atom is 0.291 e. The molecule has 1 aromatic heterocycles. The minimum atomic E-state index is -0.345. The smallest absolute Gasteiger partial charge is 0.291 e. The molecule has 3 rings (SSSR count). The number of benzene rings is 1. The molecule has 8 nitrogen and oxygen atoms in total. The highest BCUT2D eigenvalue weighted by Gasteiger charge is 2.10. The van der Waals surface area contributed by atoms with Gasteiger partial charge in [0.15, 0.2) is 12.4 Å². The third-order valence-corrected chi connectivity index (χ3v) is 4.53. The van der Waals surface area contributed by atoms with Gasteiger partial charge < -0.3 is 24.5 Å². The zero-order chi connectivity index (χ0) is 20.3. The van der Waals surface area contributed by atoms with Crippen LogP contribution in [0.1, 0.15) is 23.4 Å². The number of unbranched alkanes of at least 4 members (excludes halogenated alkanes) is 1. The van der Waals surface area contributed by atoms with Crippen molar-refractivity contribution >= 4 is 17.5 Å². The topological polar surface area (TPSA) is 93.0 Å². The van der Waals surface area contributed by atoms with Gasteiger partial charge in [0.25, 0.3) is 11.8 Å². The average Bonchev–Trinajstić information content (AvgIpc) is 3.28. The number of nitrogens with zero attached hydrogens (tertiary/aromatic N) is 1. The standard InChI is InChI=1S/C21H27N3O5/c25-20(22-8-1-2-9-24-10-13-27-14-11-24)16-29-18-6-3-5-17(15-18)23-21(26)19-7-4-12-28-19/h3-7,12,15H,1-2,8-11,13-14,16H2,(H,22,25)(H,23,26). The Hall–Kier alpha value is -2.84. The molecule has 0 unspecified atom stereocenters. The van der Waals surface area contributed by atoms with Crippen molar-refractivity contribution < 1.29 is 23.5 Å². The van der Waals surface area contributed by atoms with E-state index in [1.807, 2.05) is 0 Å². The van der Waals surface area contributed by atoms with Crippen LogP contribution in [0.3, 0.4) is 0 Å². The molecule has 2 N–H and O–H groups in total. The average molecular weight is 401 g/mol. The van der Waals surface area contributed by atoms with E-state index in [9.17, 15) is 9.59 Å². The van der Waals surface area contributed by atoms with E-state index in [1.165, 1.54) is 6.26 Å². The lowest BCUT2D eigenvalue weighted by atomic mass is 10.2. The third-order valence-electron chi connectivity index (χ3n) is 4.53. The van der Waals surface area contributed by atoms with E-state index < -0.39 is 0 Å². The fourth-order valence-corrected chi connectivity index (χ4v) is 2.98. The number of morpholine rings is 1. The number of furan rings is 1. The first-order chi connectivity index (χ1) is 14.2. The summed E-state index contributed by atoms with van der Waals surface area (Å²) in [5.74, 6) is 0.220. The van der Waals surface area contributed by atoms with E-state index in [1.54, 1.807) is 36.4 Å². The van der Waals surface area contributed by atoms with Gasteiger partial charge in [-0.15, -0.1) is 0 Å². The predicted octanol–water partition coefficient (Wildman–Crippen LogP) is 2.14. The first kappa shape index (κ1) is 20.9. The quantitative estimate of drug-likeness (QED) is 0.593. The number of hydrogen-bond acceptors (Lipinski definition) is 6. The third kappa shape index (κ3) is 7.24. The van der Waals surface area contributed by atoms with Crippen molar-refractivity contribution in [1.82, 2.24) is 10.2 Å². The molecule has 0 bridgehead atoms. The van der Waals surface area contributed by atoms with Crippen LogP contribution in [-0.4, -0.2) is 62.7 Å². The van der Waals surface area contributed by atoms with E-state index in [-0.39, 0.29) is 24.2 Å². The number of ether oxygens (including phenoxy) is 2. The molecule has 1 aliphatic heterocycles. The van der Waals surface area contributed by atoms with Crippen LogP contribution >= 0.6 is 0 Å². The van der Waals surface area contributed by atoms with Gasteiger partial charge in [-0.05, 0) is 43.7 Å². The summed E-state index contributed by atoms with van der Waals surface area (Å²) in [4.78, 5) is 26.3. The number of carbonyl (C=O) groups excluding carboxylic acids is 2. The van der Waals surface area contributed by atoms with Gasteiger partial charge >= 0.3 is 0 Å². The maximum absolute atomic E-state index is 12.0. The highest BCUT2D eigenvalue weighted by molar-refractivity contribution is 6.02. The molecule has 2 heterocycles. The molecule has 1 saturated heterocycles. The van der Waals surface area contributed by atoms with Crippen molar-refractivity contribution in [3.8, 4) is 5.75 Å². The Morgan fingerprint density at radius 1 is 1.10 bits per heavy atom. The van der Waals surface area contributed by atoms with Crippen molar-refractivity contribution in [3.63, 3.8) is 0 Å². The second kappa shape index (κ2) is 11.2. The molecule has 8 heteroatoms. The summed E-state index contributed by atoms with van der Waals surface area (Å²) < 4.78 is 15.9. The monoisotopic (exact) mass is 401 g/mol. The highest BCUT2D eigenvalue weighted by Crippen LogP contribution is 2.18. The first-order valence-corrected chi connectivity index (χ1v) is 9.85. The molecule has 156 valence electrons. The predicted molar refractivity (Wildman–Crippen MR) is 108 cm³/mol. The van der Waals surface area contributed by atoms with Gasteiger partial charge in [0, 0.05) is 31.4 Å². The molecular weight excluding hydrogens is 374 g/mol. The highest BCUT2D eigenvalue weighted by atomic mass is 16.5. The number of nitrogens with one attached hydrogen (secondary N) is 2. The van der Waals surface area contributed by atoms with Gasteiger partial charge in [0.1, 0.15) is 5.75 Å². The Morgan fingerprint density at radius 3 is 2.76 bits per heavy atom. The van der Waals surface area contributed by atoms with E-state index in [4.69, 9.17) is 13.9 Å². The van der Waals surface area contributed by atoms with Crippen molar-refractivity contribution in [2.45, 2.75) is 12.8 Å². The lowest BCUT2D eigenvalue weighted by Gasteiger charge is -2.26.